The largest absolute Gasteiger partial charge is 0.481 e. The van der Waals surface area contributed by atoms with Crippen molar-refractivity contribution in [1.29, 1.82) is 0 Å². The van der Waals surface area contributed by atoms with Gasteiger partial charge in [0.2, 0.25) is 5.91 Å². The van der Waals surface area contributed by atoms with Crippen molar-refractivity contribution in [2.45, 2.75) is 20.3 Å². The third-order valence-corrected chi connectivity index (χ3v) is 3.55. The van der Waals surface area contributed by atoms with E-state index >= 15 is 0 Å². The molecule has 1 aliphatic rings. The molecule has 0 bridgehead atoms. The minimum Gasteiger partial charge on any atom is -0.481 e. The predicted octanol–water partition coefficient (Wildman–Crippen LogP) is -0.491. The molecule has 0 aromatic heterocycles. The Kier molecular flexibility index (Phi) is 5.55. The topological polar surface area (TPSA) is 81.7 Å². The van der Waals surface area contributed by atoms with E-state index in [0.29, 0.717) is 13.0 Å². The van der Waals surface area contributed by atoms with E-state index < -0.39 is 11.4 Å². The Labute approximate surface area is 108 Å². The van der Waals surface area contributed by atoms with Crippen LogP contribution in [0.1, 0.15) is 20.3 Å². The maximum atomic E-state index is 11.7. The average molecular weight is 257 g/mol. The molecular weight excluding hydrogens is 234 g/mol. The first kappa shape index (κ1) is 14.9. The van der Waals surface area contributed by atoms with Crippen LogP contribution in [0, 0.1) is 5.41 Å². The van der Waals surface area contributed by atoms with Crippen LogP contribution in [0.5, 0.6) is 0 Å². The summed E-state index contributed by atoms with van der Waals surface area (Å²) in [5, 5.41) is 15.0. The molecule has 0 aromatic carbocycles. The van der Waals surface area contributed by atoms with Gasteiger partial charge < -0.3 is 15.7 Å². The third kappa shape index (κ3) is 4.27. The van der Waals surface area contributed by atoms with Gasteiger partial charge in [0.15, 0.2) is 0 Å². The van der Waals surface area contributed by atoms with E-state index in [0.717, 1.165) is 26.2 Å². The highest BCUT2D eigenvalue weighted by Crippen LogP contribution is 2.19. The Hall–Kier alpha value is -1.14. The number of aliphatic carboxylic acids is 1. The summed E-state index contributed by atoms with van der Waals surface area (Å²) in [7, 11) is 0. The highest BCUT2D eigenvalue weighted by molar-refractivity contribution is 5.80. The number of piperazine rings is 1. The molecule has 1 saturated heterocycles. The first-order chi connectivity index (χ1) is 8.48. The molecule has 1 unspecified atom stereocenters. The summed E-state index contributed by atoms with van der Waals surface area (Å²) in [4.78, 5) is 24.9. The van der Waals surface area contributed by atoms with Crippen molar-refractivity contribution in [2.75, 3.05) is 39.3 Å². The van der Waals surface area contributed by atoms with Crippen LogP contribution in [0.3, 0.4) is 0 Å². The quantitative estimate of drug-likeness (QED) is 0.598. The van der Waals surface area contributed by atoms with Gasteiger partial charge in [-0.15, -0.1) is 0 Å². The fourth-order valence-electron chi connectivity index (χ4n) is 1.77. The Morgan fingerprint density at radius 3 is 2.50 bits per heavy atom. The molecule has 0 aromatic rings. The molecule has 0 aliphatic carbocycles. The van der Waals surface area contributed by atoms with Crippen LogP contribution in [0.2, 0.25) is 0 Å². The number of amides is 1. The Bertz CT molecular complexity index is 303. The number of nitrogens with zero attached hydrogens (tertiary/aromatic N) is 1. The third-order valence-electron chi connectivity index (χ3n) is 3.55. The maximum absolute atomic E-state index is 11.7. The number of hydrogen-bond donors (Lipinski definition) is 3. The first-order valence-corrected chi connectivity index (χ1v) is 6.41. The zero-order valence-corrected chi connectivity index (χ0v) is 11.2. The Morgan fingerprint density at radius 1 is 1.39 bits per heavy atom. The monoisotopic (exact) mass is 257 g/mol. The van der Waals surface area contributed by atoms with Gasteiger partial charge in [0.1, 0.15) is 0 Å². The van der Waals surface area contributed by atoms with Crippen LogP contribution in [0.4, 0.5) is 0 Å². The normalized spacial score (nSPS) is 20.1. The van der Waals surface area contributed by atoms with Crippen LogP contribution in [0.15, 0.2) is 0 Å². The summed E-state index contributed by atoms with van der Waals surface area (Å²) >= 11 is 0. The van der Waals surface area contributed by atoms with Crippen LogP contribution in [-0.2, 0) is 9.59 Å². The molecule has 1 amide bonds. The number of rotatable bonds is 6. The minimum atomic E-state index is -0.876. The van der Waals surface area contributed by atoms with Gasteiger partial charge in [-0.25, -0.2) is 0 Å². The summed E-state index contributed by atoms with van der Waals surface area (Å²) in [6.45, 7) is 7.51. The van der Waals surface area contributed by atoms with E-state index in [-0.39, 0.29) is 12.5 Å². The summed E-state index contributed by atoms with van der Waals surface area (Å²) in [6.07, 6.45) is 0.496. The van der Waals surface area contributed by atoms with Gasteiger partial charge in [0.05, 0.1) is 12.0 Å². The lowest BCUT2D eigenvalue weighted by Crippen LogP contribution is -2.49. The van der Waals surface area contributed by atoms with E-state index in [1.165, 1.54) is 0 Å². The molecule has 0 radical (unpaired) electrons. The van der Waals surface area contributed by atoms with Crippen molar-refractivity contribution < 1.29 is 14.7 Å². The smallest absolute Gasteiger partial charge is 0.311 e. The minimum absolute atomic E-state index is 0.0992. The van der Waals surface area contributed by atoms with Crippen molar-refractivity contribution in [2.24, 2.45) is 5.41 Å². The molecule has 18 heavy (non-hydrogen) atoms. The number of nitrogens with one attached hydrogen (secondary N) is 2. The SMILES string of the molecule is CCC(C)(CNC(=O)CN1CCNCC1)C(=O)O. The van der Waals surface area contributed by atoms with Crippen LogP contribution < -0.4 is 10.6 Å². The van der Waals surface area contributed by atoms with Crippen molar-refractivity contribution in [3.05, 3.63) is 0 Å². The summed E-state index contributed by atoms with van der Waals surface area (Å²) in [5.74, 6) is -0.967. The van der Waals surface area contributed by atoms with Gasteiger partial charge >= 0.3 is 5.97 Å². The fourth-order valence-corrected chi connectivity index (χ4v) is 1.77. The zero-order chi connectivity index (χ0) is 13.6. The van der Waals surface area contributed by atoms with Gasteiger partial charge in [-0.3, -0.25) is 14.5 Å². The number of hydrogen-bond acceptors (Lipinski definition) is 4. The van der Waals surface area contributed by atoms with Crippen molar-refractivity contribution in [1.82, 2.24) is 15.5 Å². The van der Waals surface area contributed by atoms with Gasteiger partial charge in [0.25, 0.3) is 0 Å². The lowest BCUT2D eigenvalue weighted by atomic mass is 9.88. The molecule has 1 rings (SSSR count). The van der Waals surface area contributed by atoms with Gasteiger partial charge in [-0.1, -0.05) is 6.92 Å². The number of carboxylic acids is 1. The van der Waals surface area contributed by atoms with Crippen LogP contribution in [0.25, 0.3) is 0 Å². The second-order valence-corrected chi connectivity index (χ2v) is 5.02. The number of carbonyl (C=O) groups excluding carboxylic acids is 1. The summed E-state index contributed by atoms with van der Waals surface area (Å²) in [5.41, 5.74) is -0.876. The predicted molar refractivity (Wildman–Crippen MR) is 68.4 cm³/mol. The maximum Gasteiger partial charge on any atom is 0.311 e. The second kappa shape index (κ2) is 6.70. The molecule has 6 heteroatoms. The highest BCUT2D eigenvalue weighted by Gasteiger charge is 2.31. The lowest BCUT2D eigenvalue weighted by molar-refractivity contribution is -0.148. The molecular formula is C12H23N3O3. The van der Waals surface area contributed by atoms with E-state index in [9.17, 15) is 9.59 Å². The molecule has 1 heterocycles. The Morgan fingerprint density at radius 2 is 2.00 bits per heavy atom. The number of carboxylic acid groups (broad SMARTS) is 1. The molecule has 6 nitrogen and oxygen atoms in total. The molecule has 0 saturated carbocycles. The Balaban J connectivity index is 2.33. The van der Waals surface area contributed by atoms with Crippen molar-refractivity contribution in [3.8, 4) is 0 Å². The standard InChI is InChI=1S/C12H23N3O3/c1-3-12(2,11(17)18)9-14-10(16)8-15-6-4-13-5-7-15/h13H,3-9H2,1-2H3,(H,14,16)(H,17,18). The van der Waals surface area contributed by atoms with E-state index in [2.05, 4.69) is 15.5 Å². The van der Waals surface area contributed by atoms with Gasteiger partial charge in [0, 0.05) is 32.7 Å². The van der Waals surface area contributed by atoms with Crippen molar-refractivity contribution in [3.63, 3.8) is 0 Å². The average Bonchev–Trinajstić information content (AvgIpc) is 2.37. The molecule has 1 aliphatic heterocycles. The fraction of sp³-hybridized carbons (Fsp3) is 0.833. The van der Waals surface area contributed by atoms with Crippen LogP contribution in [-0.4, -0.2) is 61.2 Å². The highest BCUT2D eigenvalue weighted by atomic mass is 16.4. The number of carbonyl (C=O) groups is 2. The first-order valence-electron chi connectivity index (χ1n) is 6.41. The van der Waals surface area contributed by atoms with Crippen LogP contribution >= 0.6 is 0 Å². The van der Waals surface area contributed by atoms with E-state index in [1.54, 1.807) is 6.92 Å². The van der Waals surface area contributed by atoms with E-state index in [1.807, 2.05) is 6.92 Å². The van der Waals surface area contributed by atoms with E-state index in [4.69, 9.17) is 5.11 Å². The summed E-state index contributed by atoms with van der Waals surface area (Å²) in [6, 6.07) is 0. The molecule has 1 atom stereocenters. The van der Waals surface area contributed by atoms with Gasteiger partial charge in [-0.2, -0.15) is 0 Å². The summed E-state index contributed by atoms with van der Waals surface area (Å²) < 4.78 is 0. The van der Waals surface area contributed by atoms with Gasteiger partial charge in [-0.05, 0) is 13.3 Å². The second-order valence-electron chi connectivity index (χ2n) is 5.02. The van der Waals surface area contributed by atoms with Crippen molar-refractivity contribution >= 4 is 11.9 Å². The molecule has 1 fully saturated rings. The molecule has 104 valence electrons. The molecule has 3 N–H and O–H groups in total. The zero-order valence-electron chi connectivity index (χ0n) is 11.2. The molecule has 0 spiro atoms. The lowest BCUT2D eigenvalue weighted by Gasteiger charge is -2.28.